The van der Waals surface area contributed by atoms with Gasteiger partial charge in [-0.3, -0.25) is 4.99 Å². The summed E-state index contributed by atoms with van der Waals surface area (Å²) in [5.41, 5.74) is 5.61. The number of ether oxygens (including phenoxy) is 1. The van der Waals surface area contributed by atoms with Crippen LogP contribution in [0.3, 0.4) is 0 Å². The molecule has 0 unspecified atom stereocenters. The minimum absolute atomic E-state index is 0.0541. The number of carbonyl (C=O) groups is 1. The van der Waals surface area contributed by atoms with Gasteiger partial charge in [0.2, 0.25) is 0 Å². The Labute approximate surface area is 108 Å². The average Bonchev–Trinajstić information content (AvgIpc) is 2.59. The molecule has 2 aliphatic heterocycles. The lowest BCUT2D eigenvalue weighted by molar-refractivity contribution is 0.0156. The molecular weight excluding hydrogens is 230 g/mol. The maximum atomic E-state index is 11.9. The number of carbonyl (C=O) groups excluding carboxylic acids is 1. The van der Waals surface area contributed by atoms with Gasteiger partial charge in [0.05, 0.1) is 0 Å². The van der Waals surface area contributed by atoms with Crippen LogP contribution in [0.25, 0.3) is 0 Å². The minimum atomic E-state index is -0.430. The summed E-state index contributed by atoms with van der Waals surface area (Å²) in [6.07, 6.45) is 2.62. The smallest absolute Gasteiger partial charge is 0.410 e. The van der Waals surface area contributed by atoms with Gasteiger partial charge in [0, 0.05) is 25.0 Å². The Bertz CT molecular complexity index is 363. The fraction of sp³-hybridized carbons (Fsp3) is 0.846. The molecule has 2 rings (SSSR count). The highest BCUT2D eigenvalue weighted by Crippen LogP contribution is 2.38. The van der Waals surface area contributed by atoms with Crippen LogP contribution in [-0.2, 0) is 4.74 Å². The van der Waals surface area contributed by atoms with Crippen molar-refractivity contribution in [1.29, 1.82) is 0 Å². The molecule has 0 radical (unpaired) electrons. The summed E-state index contributed by atoms with van der Waals surface area (Å²) in [6.45, 7) is 7.92. The highest BCUT2D eigenvalue weighted by Gasteiger charge is 2.41. The van der Waals surface area contributed by atoms with Crippen molar-refractivity contribution >= 4 is 11.9 Å². The molecule has 5 heteroatoms. The van der Waals surface area contributed by atoms with Crippen LogP contribution in [0.5, 0.6) is 0 Å². The predicted octanol–water partition coefficient (Wildman–Crippen LogP) is 1.76. The molecular formula is C13H23N3O2. The number of aliphatic imine (C=N–C) groups is 1. The van der Waals surface area contributed by atoms with Gasteiger partial charge in [-0.1, -0.05) is 0 Å². The van der Waals surface area contributed by atoms with E-state index in [-0.39, 0.29) is 11.5 Å². The largest absolute Gasteiger partial charge is 0.444 e. The second-order valence-corrected chi connectivity index (χ2v) is 6.26. The van der Waals surface area contributed by atoms with E-state index in [4.69, 9.17) is 10.5 Å². The molecule has 0 aromatic rings. The quantitative estimate of drug-likeness (QED) is 0.715. The van der Waals surface area contributed by atoms with Crippen LogP contribution >= 0.6 is 0 Å². The molecule has 2 heterocycles. The van der Waals surface area contributed by atoms with Crippen LogP contribution in [0.1, 0.15) is 40.0 Å². The van der Waals surface area contributed by atoms with Gasteiger partial charge < -0.3 is 15.4 Å². The molecule has 102 valence electrons. The third-order valence-electron chi connectivity index (χ3n) is 3.79. The lowest BCUT2D eigenvalue weighted by atomic mass is 9.76. The molecule has 0 aromatic carbocycles. The SMILES string of the molecule is CC(C)(C)OC(=O)N1CCC2(CCN=C2N)CC1. The molecule has 1 saturated heterocycles. The topological polar surface area (TPSA) is 67.9 Å². The van der Waals surface area contributed by atoms with Gasteiger partial charge in [-0.2, -0.15) is 0 Å². The number of amides is 1. The van der Waals surface area contributed by atoms with Gasteiger partial charge in [0.15, 0.2) is 0 Å². The van der Waals surface area contributed by atoms with Crippen molar-refractivity contribution in [3.8, 4) is 0 Å². The Kier molecular flexibility index (Phi) is 3.25. The zero-order chi connectivity index (χ0) is 13.4. The molecule has 1 amide bonds. The molecule has 0 aliphatic carbocycles. The van der Waals surface area contributed by atoms with Gasteiger partial charge in [-0.05, 0) is 40.0 Å². The van der Waals surface area contributed by atoms with Crippen molar-refractivity contribution in [3.63, 3.8) is 0 Å². The first-order chi connectivity index (χ1) is 8.32. The lowest BCUT2D eigenvalue weighted by Gasteiger charge is -2.39. The number of piperidine rings is 1. The normalized spacial score (nSPS) is 23.1. The van der Waals surface area contributed by atoms with Crippen molar-refractivity contribution < 1.29 is 9.53 Å². The van der Waals surface area contributed by atoms with Crippen molar-refractivity contribution in [2.24, 2.45) is 16.1 Å². The van der Waals surface area contributed by atoms with E-state index in [9.17, 15) is 4.79 Å². The Morgan fingerprint density at radius 3 is 2.39 bits per heavy atom. The second-order valence-electron chi connectivity index (χ2n) is 6.26. The first-order valence-electron chi connectivity index (χ1n) is 6.61. The standard InChI is InChI=1S/C13H23N3O2/c1-12(2,3)18-11(17)16-8-5-13(6-9-16)4-7-15-10(13)14/h4-9H2,1-3H3,(H2,14,15). The van der Waals surface area contributed by atoms with E-state index in [1.54, 1.807) is 4.90 Å². The molecule has 2 N–H and O–H groups in total. The molecule has 1 fully saturated rings. The third kappa shape index (κ3) is 2.60. The van der Waals surface area contributed by atoms with Gasteiger partial charge >= 0.3 is 6.09 Å². The molecule has 0 bridgehead atoms. The monoisotopic (exact) mass is 253 g/mol. The summed E-state index contributed by atoms with van der Waals surface area (Å²) in [6, 6.07) is 0. The van der Waals surface area contributed by atoms with Crippen molar-refractivity contribution in [2.45, 2.75) is 45.6 Å². The number of nitrogens with two attached hydrogens (primary N) is 1. The van der Waals surface area contributed by atoms with Crippen LogP contribution in [0.4, 0.5) is 4.79 Å². The van der Waals surface area contributed by atoms with Crippen molar-refractivity contribution in [1.82, 2.24) is 4.90 Å². The van der Waals surface area contributed by atoms with E-state index in [1.807, 2.05) is 20.8 Å². The first kappa shape index (κ1) is 13.2. The van der Waals surface area contributed by atoms with Crippen LogP contribution in [-0.4, -0.2) is 42.1 Å². The van der Waals surface area contributed by atoms with Crippen LogP contribution < -0.4 is 5.73 Å². The third-order valence-corrected chi connectivity index (χ3v) is 3.79. The Balaban J connectivity index is 1.91. The number of amidine groups is 1. The predicted molar refractivity (Wildman–Crippen MR) is 70.6 cm³/mol. The van der Waals surface area contributed by atoms with E-state index in [0.717, 1.165) is 31.6 Å². The fourth-order valence-corrected chi connectivity index (χ4v) is 2.64. The molecule has 0 aromatic heterocycles. The highest BCUT2D eigenvalue weighted by molar-refractivity contribution is 5.88. The number of nitrogens with zero attached hydrogens (tertiary/aromatic N) is 2. The average molecular weight is 253 g/mol. The Hall–Kier alpha value is -1.26. The number of hydrogen-bond acceptors (Lipinski definition) is 4. The zero-order valence-electron chi connectivity index (χ0n) is 11.5. The zero-order valence-corrected chi connectivity index (χ0v) is 11.5. The van der Waals surface area contributed by atoms with E-state index >= 15 is 0 Å². The summed E-state index contributed by atoms with van der Waals surface area (Å²) >= 11 is 0. The van der Waals surface area contributed by atoms with E-state index in [1.165, 1.54) is 0 Å². The first-order valence-corrected chi connectivity index (χ1v) is 6.61. The van der Waals surface area contributed by atoms with E-state index in [0.29, 0.717) is 13.1 Å². The van der Waals surface area contributed by atoms with Crippen LogP contribution in [0, 0.1) is 5.41 Å². The van der Waals surface area contributed by atoms with Crippen molar-refractivity contribution in [3.05, 3.63) is 0 Å². The maximum Gasteiger partial charge on any atom is 0.410 e. The van der Waals surface area contributed by atoms with Crippen LogP contribution in [0.2, 0.25) is 0 Å². The molecule has 0 saturated carbocycles. The molecule has 0 atom stereocenters. The fourth-order valence-electron chi connectivity index (χ4n) is 2.64. The Morgan fingerprint density at radius 1 is 1.33 bits per heavy atom. The summed E-state index contributed by atoms with van der Waals surface area (Å²) < 4.78 is 5.38. The molecule has 5 nitrogen and oxygen atoms in total. The summed E-state index contributed by atoms with van der Waals surface area (Å²) in [4.78, 5) is 18.0. The summed E-state index contributed by atoms with van der Waals surface area (Å²) in [5, 5.41) is 0. The molecule has 1 spiro atoms. The second kappa shape index (κ2) is 4.44. The lowest BCUT2D eigenvalue weighted by Crippen LogP contribution is -2.48. The van der Waals surface area contributed by atoms with Gasteiger partial charge in [0.25, 0.3) is 0 Å². The van der Waals surface area contributed by atoms with Gasteiger partial charge in [-0.25, -0.2) is 4.79 Å². The van der Waals surface area contributed by atoms with Gasteiger partial charge in [-0.15, -0.1) is 0 Å². The van der Waals surface area contributed by atoms with Gasteiger partial charge in [0.1, 0.15) is 11.4 Å². The Morgan fingerprint density at radius 2 is 1.94 bits per heavy atom. The highest BCUT2D eigenvalue weighted by atomic mass is 16.6. The summed E-state index contributed by atoms with van der Waals surface area (Å²) in [7, 11) is 0. The van der Waals surface area contributed by atoms with Crippen molar-refractivity contribution in [2.75, 3.05) is 19.6 Å². The minimum Gasteiger partial charge on any atom is -0.444 e. The number of rotatable bonds is 0. The summed E-state index contributed by atoms with van der Waals surface area (Å²) in [5.74, 6) is 0.784. The van der Waals surface area contributed by atoms with E-state index < -0.39 is 5.60 Å². The molecule has 2 aliphatic rings. The molecule has 18 heavy (non-hydrogen) atoms. The number of hydrogen-bond donors (Lipinski definition) is 1. The van der Waals surface area contributed by atoms with E-state index in [2.05, 4.69) is 4.99 Å². The van der Waals surface area contributed by atoms with Crippen LogP contribution in [0.15, 0.2) is 4.99 Å². The number of likely N-dealkylation sites (tertiary alicyclic amines) is 1. The maximum absolute atomic E-state index is 11.9.